The molecule has 0 unspecified atom stereocenters. The van der Waals surface area contributed by atoms with Crippen LogP contribution in [0, 0.1) is 0 Å². The average Bonchev–Trinajstić information content (AvgIpc) is 3.15. The topological polar surface area (TPSA) is 68.1 Å². The molecular formula is C13H8F3N3O2S2. The quantitative estimate of drug-likeness (QED) is 0.764. The number of halogens is 3. The van der Waals surface area contributed by atoms with Crippen LogP contribution in [0.1, 0.15) is 5.69 Å². The Labute approximate surface area is 136 Å². The lowest BCUT2D eigenvalue weighted by atomic mass is 10.3. The standard InChI is InChI=1S/C13H8F3N3O2S2/c1-21-10-3-2-7(23-10)6-4-9(20)19-11(17-6)12-18-8(5-22-12)13(14,15)16/h2-5H,1H3,(H,17,19,20). The fourth-order valence-corrected chi connectivity index (χ4v) is 3.27. The summed E-state index contributed by atoms with van der Waals surface area (Å²) in [6.07, 6.45) is -4.53. The number of thiophene rings is 1. The van der Waals surface area contributed by atoms with Crippen LogP contribution in [0.15, 0.2) is 23.6 Å². The summed E-state index contributed by atoms with van der Waals surface area (Å²) in [4.78, 5) is 12.1. The van der Waals surface area contributed by atoms with Crippen molar-refractivity contribution >= 4 is 22.7 Å². The first-order valence-electron chi connectivity index (χ1n) is 6.12. The first kappa shape index (κ1) is 15.7. The van der Waals surface area contributed by atoms with E-state index < -0.39 is 11.9 Å². The number of aromatic nitrogens is 3. The lowest BCUT2D eigenvalue weighted by molar-refractivity contribution is -0.140. The first-order valence-corrected chi connectivity index (χ1v) is 7.82. The van der Waals surface area contributed by atoms with Crippen LogP contribution in [0.25, 0.3) is 21.4 Å². The van der Waals surface area contributed by atoms with Crippen molar-refractivity contribution in [3.63, 3.8) is 0 Å². The van der Waals surface area contributed by atoms with Crippen molar-refractivity contribution in [3.8, 4) is 32.3 Å². The number of ether oxygens (including phenoxy) is 1. The Morgan fingerprint density at radius 1 is 1.17 bits per heavy atom. The summed E-state index contributed by atoms with van der Waals surface area (Å²) in [5.74, 6) is -0.408. The van der Waals surface area contributed by atoms with Crippen LogP contribution in [0.2, 0.25) is 0 Å². The summed E-state index contributed by atoms with van der Waals surface area (Å²) in [5, 5.41) is 11.2. The zero-order valence-electron chi connectivity index (χ0n) is 11.5. The zero-order valence-corrected chi connectivity index (χ0v) is 13.1. The number of methoxy groups -OCH3 is 1. The normalized spacial score (nSPS) is 11.7. The van der Waals surface area contributed by atoms with E-state index in [1.54, 1.807) is 12.1 Å². The predicted octanol–water partition coefficient (Wildman–Crippen LogP) is 4.06. The second-order valence-electron chi connectivity index (χ2n) is 4.29. The van der Waals surface area contributed by atoms with E-state index in [0.29, 0.717) is 15.6 Å². The fourth-order valence-electron chi connectivity index (χ4n) is 1.73. The highest BCUT2D eigenvalue weighted by Crippen LogP contribution is 2.36. The van der Waals surface area contributed by atoms with E-state index in [2.05, 4.69) is 15.0 Å². The van der Waals surface area contributed by atoms with E-state index in [4.69, 9.17) is 4.74 Å². The van der Waals surface area contributed by atoms with Crippen LogP contribution in [0.4, 0.5) is 13.2 Å². The molecule has 3 aromatic rings. The predicted molar refractivity (Wildman–Crippen MR) is 79.7 cm³/mol. The van der Waals surface area contributed by atoms with Crippen molar-refractivity contribution in [2.45, 2.75) is 6.18 Å². The van der Waals surface area contributed by atoms with Gasteiger partial charge in [-0.2, -0.15) is 18.2 Å². The van der Waals surface area contributed by atoms with Crippen molar-refractivity contribution in [3.05, 3.63) is 29.3 Å². The molecule has 120 valence electrons. The number of nitrogens with zero attached hydrogens (tertiary/aromatic N) is 3. The number of hydrogen-bond donors (Lipinski definition) is 1. The maximum Gasteiger partial charge on any atom is 0.434 e. The molecule has 3 heterocycles. The number of thiazole rings is 1. The molecule has 10 heteroatoms. The Balaban J connectivity index is 2.02. The Morgan fingerprint density at radius 2 is 1.96 bits per heavy atom. The van der Waals surface area contributed by atoms with Crippen molar-refractivity contribution in [2.75, 3.05) is 7.11 Å². The second-order valence-corrected chi connectivity index (χ2v) is 6.20. The van der Waals surface area contributed by atoms with E-state index >= 15 is 0 Å². The molecule has 0 fully saturated rings. The van der Waals surface area contributed by atoms with Crippen molar-refractivity contribution in [1.82, 2.24) is 15.0 Å². The molecule has 0 aliphatic carbocycles. The molecule has 3 aromatic heterocycles. The largest absolute Gasteiger partial charge is 0.493 e. The first-order chi connectivity index (χ1) is 10.9. The van der Waals surface area contributed by atoms with Crippen LogP contribution >= 0.6 is 22.7 Å². The lowest BCUT2D eigenvalue weighted by Crippen LogP contribution is -2.05. The van der Waals surface area contributed by atoms with Gasteiger partial charge in [-0.25, -0.2) is 9.97 Å². The van der Waals surface area contributed by atoms with E-state index in [1.165, 1.54) is 24.5 Å². The van der Waals surface area contributed by atoms with Crippen LogP contribution in [0.5, 0.6) is 10.9 Å². The van der Waals surface area contributed by atoms with Gasteiger partial charge in [0.2, 0.25) is 5.88 Å². The highest BCUT2D eigenvalue weighted by Gasteiger charge is 2.34. The highest BCUT2D eigenvalue weighted by atomic mass is 32.1. The Hall–Kier alpha value is -2.20. The summed E-state index contributed by atoms with van der Waals surface area (Å²) >= 11 is 2.05. The van der Waals surface area contributed by atoms with Crippen LogP contribution in [0.3, 0.4) is 0 Å². The molecule has 1 N–H and O–H groups in total. The van der Waals surface area contributed by atoms with Crippen molar-refractivity contribution < 1.29 is 23.0 Å². The van der Waals surface area contributed by atoms with E-state index in [1.807, 2.05) is 0 Å². The molecule has 0 aliphatic rings. The van der Waals surface area contributed by atoms with Crippen molar-refractivity contribution in [1.29, 1.82) is 0 Å². The van der Waals surface area contributed by atoms with Crippen LogP contribution in [-0.2, 0) is 6.18 Å². The summed E-state index contributed by atoms with van der Waals surface area (Å²) in [5.41, 5.74) is -0.631. The van der Waals surface area contributed by atoms with Crippen LogP contribution in [-0.4, -0.2) is 27.2 Å². The van der Waals surface area contributed by atoms with Gasteiger partial charge in [0.05, 0.1) is 17.7 Å². The van der Waals surface area contributed by atoms with Gasteiger partial charge in [-0.1, -0.05) is 11.3 Å². The molecule has 0 bridgehead atoms. The molecule has 0 atom stereocenters. The Morgan fingerprint density at radius 3 is 2.57 bits per heavy atom. The summed E-state index contributed by atoms with van der Waals surface area (Å²) in [6.45, 7) is 0. The third kappa shape index (κ3) is 3.27. The number of alkyl halides is 3. The maximum absolute atomic E-state index is 12.6. The molecule has 0 amide bonds. The number of hydrogen-bond acceptors (Lipinski definition) is 7. The molecule has 0 radical (unpaired) electrons. The summed E-state index contributed by atoms with van der Waals surface area (Å²) < 4.78 is 43.0. The maximum atomic E-state index is 12.6. The minimum Gasteiger partial charge on any atom is -0.493 e. The third-order valence-electron chi connectivity index (χ3n) is 2.73. The molecule has 23 heavy (non-hydrogen) atoms. The molecule has 3 rings (SSSR count). The van der Waals surface area contributed by atoms with E-state index in [-0.39, 0.29) is 16.7 Å². The van der Waals surface area contributed by atoms with E-state index in [9.17, 15) is 18.3 Å². The van der Waals surface area contributed by atoms with Gasteiger partial charge < -0.3 is 9.84 Å². The molecule has 0 saturated heterocycles. The monoisotopic (exact) mass is 359 g/mol. The van der Waals surface area contributed by atoms with Gasteiger partial charge in [0.1, 0.15) is 0 Å². The highest BCUT2D eigenvalue weighted by molar-refractivity contribution is 7.17. The molecular weight excluding hydrogens is 351 g/mol. The smallest absolute Gasteiger partial charge is 0.434 e. The Bertz CT molecular complexity index is 845. The van der Waals surface area contributed by atoms with Gasteiger partial charge in [-0.05, 0) is 12.1 Å². The number of rotatable bonds is 3. The van der Waals surface area contributed by atoms with E-state index in [0.717, 1.165) is 16.7 Å². The lowest BCUT2D eigenvalue weighted by Gasteiger charge is -2.02. The van der Waals surface area contributed by atoms with Gasteiger partial charge in [0.15, 0.2) is 21.6 Å². The molecule has 0 aliphatic heterocycles. The Kier molecular flexibility index (Phi) is 3.94. The fraction of sp³-hybridized carbons (Fsp3) is 0.154. The van der Waals surface area contributed by atoms with Gasteiger partial charge in [-0.3, -0.25) is 0 Å². The van der Waals surface area contributed by atoms with Crippen LogP contribution < -0.4 is 4.74 Å². The van der Waals surface area contributed by atoms with Gasteiger partial charge in [0, 0.05) is 11.4 Å². The molecule has 0 aromatic carbocycles. The minimum absolute atomic E-state index is 0.0157. The molecule has 0 spiro atoms. The SMILES string of the molecule is COc1ccc(-c2cc(O)nc(-c3nc(C(F)(F)F)cs3)n2)s1. The van der Waals surface area contributed by atoms with Gasteiger partial charge in [0.25, 0.3) is 0 Å². The van der Waals surface area contributed by atoms with Gasteiger partial charge in [-0.15, -0.1) is 11.3 Å². The summed E-state index contributed by atoms with van der Waals surface area (Å²) in [6, 6.07) is 4.79. The average molecular weight is 359 g/mol. The number of aromatic hydroxyl groups is 1. The van der Waals surface area contributed by atoms with Crippen molar-refractivity contribution in [2.24, 2.45) is 0 Å². The molecule has 5 nitrogen and oxygen atoms in total. The molecule has 0 saturated carbocycles. The minimum atomic E-state index is -4.53. The summed E-state index contributed by atoms with van der Waals surface area (Å²) in [7, 11) is 1.52. The third-order valence-corrected chi connectivity index (χ3v) is 4.64. The van der Waals surface area contributed by atoms with Gasteiger partial charge >= 0.3 is 6.18 Å². The zero-order chi connectivity index (χ0) is 16.6. The second kappa shape index (κ2) is 5.78.